The second-order valence-electron chi connectivity index (χ2n) is 5.39. The van der Waals surface area contributed by atoms with E-state index >= 15 is 0 Å². The molecule has 5 nitrogen and oxygen atoms in total. The highest BCUT2D eigenvalue weighted by molar-refractivity contribution is 7.98. The van der Waals surface area contributed by atoms with Crippen LogP contribution in [0.5, 0.6) is 0 Å². The van der Waals surface area contributed by atoms with Gasteiger partial charge < -0.3 is 9.15 Å². The number of hydrogen-bond acceptors (Lipinski definition) is 5. The molecule has 0 aliphatic rings. The number of carbonyl (C=O) groups excluding carboxylic acids is 1. The van der Waals surface area contributed by atoms with Gasteiger partial charge in [-0.15, -0.1) is 11.8 Å². The lowest BCUT2D eigenvalue weighted by atomic mass is 10.1. The van der Waals surface area contributed by atoms with E-state index in [4.69, 9.17) is 9.15 Å². The zero-order valence-electron chi connectivity index (χ0n) is 14.0. The molecule has 0 radical (unpaired) electrons. The van der Waals surface area contributed by atoms with Crippen molar-refractivity contribution >= 4 is 34.5 Å². The average Bonchev–Trinajstić information content (AvgIpc) is 2.60. The van der Waals surface area contributed by atoms with E-state index in [0.29, 0.717) is 17.0 Å². The van der Waals surface area contributed by atoms with Crippen LogP contribution in [0.3, 0.4) is 0 Å². The van der Waals surface area contributed by atoms with Crippen LogP contribution < -0.4 is 10.9 Å². The topological polar surface area (TPSA) is 68.5 Å². The molecule has 1 heterocycles. The van der Waals surface area contributed by atoms with Gasteiger partial charge in [0.15, 0.2) is 0 Å². The maximum absolute atomic E-state index is 13.0. The Balaban J connectivity index is 1.84. The first kappa shape index (κ1) is 18.0. The van der Waals surface area contributed by atoms with Gasteiger partial charge in [-0.1, -0.05) is 0 Å². The van der Waals surface area contributed by atoms with Crippen LogP contribution in [0, 0.1) is 5.82 Å². The number of hydrogen-bond donors (Lipinski definition) is 1. The molecule has 0 aliphatic carbocycles. The molecule has 0 saturated heterocycles. The van der Waals surface area contributed by atoms with Crippen molar-refractivity contribution in [1.82, 2.24) is 0 Å². The maximum Gasteiger partial charge on any atom is 0.411 e. The van der Waals surface area contributed by atoms with Crippen molar-refractivity contribution < 1.29 is 18.3 Å². The lowest BCUT2D eigenvalue weighted by Crippen LogP contribution is -2.13. The predicted molar refractivity (Wildman–Crippen MR) is 99.1 cm³/mol. The summed E-state index contributed by atoms with van der Waals surface area (Å²) in [5.74, 6) is 0.236. The molecule has 1 aromatic heterocycles. The van der Waals surface area contributed by atoms with Gasteiger partial charge in [-0.05, 0) is 48.9 Å². The number of amides is 1. The number of halogens is 1. The maximum atomic E-state index is 13.0. The summed E-state index contributed by atoms with van der Waals surface area (Å²) >= 11 is 1.49. The molecule has 0 saturated carbocycles. The number of thioether (sulfide) groups is 1. The van der Waals surface area contributed by atoms with Crippen LogP contribution in [0.1, 0.15) is 12.5 Å². The summed E-state index contributed by atoms with van der Waals surface area (Å²) in [5.41, 5.74) is 1.18. The molecule has 0 unspecified atom stereocenters. The lowest BCUT2D eigenvalue weighted by Gasteiger charge is -2.08. The second kappa shape index (κ2) is 8.05. The molecule has 0 aliphatic heterocycles. The summed E-state index contributed by atoms with van der Waals surface area (Å²) in [6.07, 6.45) is -0.572. The van der Waals surface area contributed by atoms with Gasteiger partial charge in [-0.25, -0.2) is 14.0 Å². The molecular formula is C19H16FNO4S. The quantitative estimate of drug-likeness (QED) is 0.514. The highest BCUT2D eigenvalue weighted by atomic mass is 32.2. The van der Waals surface area contributed by atoms with E-state index in [1.165, 1.54) is 30.0 Å². The van der Waals surface area contributed by atoms with Crippen molar-refractivity contribution in [3.8, 4) is 0 Å². The first-order chi connectivity index (χ1) is 12.5. The van der Waals surface area contributed by atoms with Crippen LogP contribution in [-0.2, 0) is 10.5 Å². The van der Waals surface area contributed by atoms with Crippen molar-refractivity contribution in [3.63, 3.8) is 0 Å². The number of fused-ring (bicyclic) bond motifs is 1. The molecule has 0 bridgehead atoms. The molecular weight excluding hydrogens is 357 g/mol. The Hall–Kier alpha value is -2.80. The van der Waals surface area contributed by atoms with E-state index in [0.717, 1.165) is 15.8 Å². The molecule has 7 heteroatoms. The molecule has 3 aromatic rings. The fourth-order valence-corrected chi connectivity index (χ4v) is 3.29. The van der Waals surface area contributed by atoms with E-state index in [9.17, 15) is 14.0 Å². The summed E-state index contributed by atoms with van der Waals surface area (Å²) in [4.78, 5) is 24.3. The molecule has 26 heavy (non-hydrogen) atoms. The minimum atomic E-state index is -0.572. The summed E-state index contributed by atoms with van der Waals surface area (Å²) < 4.78 is 23.1. The van der Waals surface area contributed by atoms with Crippen LogP contribution in [0.2, 0.25) is 0 Å². The summed E-state index contributed by atoms with van der Waals surface area (Å²) in [5, 5.41) is 3.34. The molecule has 1 amide bonds. The van der Waals surface area contributed by atoms with Crippen molar-refractivity contribution in [2.75, 3.05) is 11.9 Å². The third-order valence-electron chi connectivity index (χ3n) is 3.56. The molecule has 3 rings (SSSR count). The van der Waals surface area contributed by atoms with Gasteiger partial charge in [0.25, 0.3) is 0 Å². The zero-order chi connectivity index (χ0) is 18.5. The molecule has 0 atom stereocenters. The number of rotatable bonds is 5. The third-order valence-corrected chi connectivity index (χ3v) is 4.62. The van der Waals surface area contributed by atoms with Gasteiger partial charge in [0.1, 0.15) is 11.4 Å². The standard InChI is InChI=1S/C19H16FNO4S/c1-2-24-19(23)21-14-5-8-16-12(9-18(22)25-17(16)10-14)11-26-15-6-3-13(20)4-7-15/h3-10H,2,11H2,1H3,(H,21,23). The Kier molecular flexibility index (Phi) is 5.58. The average molecular weight is 373 g/mol. The Labute approximate surface area is 153 Å². The number of ether oxygens (including phenoxy) is 1. The highest BCUT2D eigenvalue weighted by Gasteiger charge is 2.09. The van der Waals surface area contributed by atoms with Crippen molar-refractivity contribution in [1.29, 1.82) is 0 Å². The predicted octanol–water partition coefficient (Wildman–Crippen LogP) is 4.79. The monoisotopic (exact) mass is 373 g/mol. The van der Waals surface area contributed by atoms with Gasteiger partial charge in [0.05, 0.1) is 6.61 Å². The molecule has 134 valence electrons. The summed E-state index contributed by atoms with van der Waals surface area (Å²) in [7, 11) is 0. The van der Waals surface area contributed by atoms with Gasteiger partial charge >= 0.3 is 11.7 Å². The van der Waals surface area contributed by atoms with E-state index in [1.807, 2.05) is 0 Å². The van der Waals surface area contributed by atoms with Crippen molar-refractivity contribution in [2.24, 2.45) is 0 Å². The number of benzene rings is 2. The fraction of sp³-hybridized carbons (Fsp3) is 0.158. The first-order valence-corrected chi connectivity index (χ1v) is 8.92. The van der Waals surface area contributed by atoms with E-state index < -0.39 is 11.7 Å². The van der Waals surface area contributed by atoms with Crippen molar-refractivity contribution in [2.45, 2.75) is 17.6 Å². The van der Waals surface area contributed by atoms with Gasteiger partial charge in [0, 0.05) is 33.9 Å². The van der Waals surface area contributed by atoms with Gasteiger partial charge in [-0.2, -0.15) is 0 Å². The SMILES string of the molecule is CCOC(=O)Nc1ccc2c(CSc3ccc(F)cc3)cc(=O)oc2c1. The number of anilines is 1. The third kappa shape index (κ3) is 4.43. The first-order valence-electron chi connectivity index (χ1n) is 7.94. The second-order valence-corrected chi connectivity index (χ2v) is 6.44. The zero-order valence-corrected chi connectivity index (χ0v) is 14.8. The summed E-state index contributed by atoms with van der Waals surface area (Å²) in [6, 6.07) is 12.7. The normalized spacial score (nSPS) is 10.7. The molecule has 0 fully saturated rings. The van der Waals surface area contributed by atoms with Crippen LogP contribution >= 0.6 is 11.8 Å². The van der Waals surface area contributed by atoms with Gasteiger partial charge in [-0.3, -0.25) is 5.32 Å². The van der Waals surface area contributed by atoms with E-state index in [-0.39, 0.29) is 12.4 Å². The lowest BCUT2D eigenvalue weighted by molar-refractivity contribution is 0.168. The summed E-state index contributed by atoms with van der Waals surface area (Å²) in [6.45, 7) is 1.98. The van der Waals surface area contributed by atoms with E-state index in [1.54, 1.807) is 37.3 Å². The molecule has 0 spiro atoms. The molecule has 1 N–H and O–H groups in total. The smallest absolute Gasteiger partial charge is 0.411 e. The number of carbonyl (C=O) groups is 1. The minimum absolute atomic E-state index is 0.263. The number of nitrogens with one attached hydrogen (secondary N) is 1. The highest BCUT2D eigenvalue weighted by Crippen LogP contribution is 2.28. The van der Waals surface area contributed by atoms with Gasteiger partial charge in [0.2, 0.25) is 0 Å². The Morgan fingerprint density at radius 3 is 2.69 bits per heavy atom. The Bertz CT molecular complexity index is 985. The largest absolute Gasteiger partial charge is 0.450 e. The Morgan fingerprint density at radius 2 is 1.96 bits per heavy atom. The Morgan fingerprint density at radius 1 is 1.19 bits per heavy atom. The van der Waals surface area contributed by atoms with Crippen molar-refractivity contribution in [3.05, 3.63) is 70.3 Å². The van der Waals surface area contributed by atoms with Crippen LogP contribution in [-0.4, -0.2) is 12.7 Å². The minimum Gasteiger partial charge on any atom is -0.450 e. The van der Waals surface area contributed by atoms with Crippen LogP contribution in [0.15, 0.2) is 62.6 Å². The molecule has 2 aromatic carbocycles. The van der Waals surface area contributed by atoms with Crippen LogP contribution in [0.4, 0.5) is 14.9 Å². The van der Waals surface area contributed by atoms with Crippen LogP contribution in [0.25, 0.3) is 11.0 Å². The van der Waals surface area contributed by atoms with E-state index in [2.05, 4.69) is 5.32 Å². The fourth-order valence-electron chi connectivity index (χ4n) is 2.40.